The Morgan fingerprint density at radius 3 is 2.45 bits per heavy atom. The van der Waals surface area contributed by atoms with Crippen LogP contribution >= 0.6 is 11.6 Å². The van der Waals surface area contributed by atoms with Crippen LogP contribution in [0.3, 0.4) is 0 Å². The fourth-order valence-corrected chi connectivity index (χ4v) is 1.87. The molecule has 1 aromatic heterocycles. The molecule has 4 heteroatoms. The molecule has 0 N–H and O–H groups in total. The van der Waals surface area contributed by atoms with Crippen LogP contribution in [0.15, 0.2) is 72.9 Å². The molecule has 0 aliphatic rings. The van der Waals surface area contributed by atoms with Crippen LogP contribution in [0.1, 0.15) is 10.4 Å². The lowest BCUT2D eigenvalue weighted by atomic mass is 10.1. The number of hydrogen-bond acceptors (Lipinski definition) is 3. The molecule has 1 heterocycles. The Morgan fingerprint density at radius 1 is 1.05 bits per heavy atom. The molecule has 0 fully saturated rings. The molecule has 0 aliphatic heterocycles. The fourth-order valence-electron chi connectivity index (χ4n) is 1.87. The average molecular weight is 312 g/mol. The quantitative estimate of drug-likeness (QED) is 0.623. The van der Waals surface area contributed by atoms with E-state index in [-0.39, 0.29) is 0 Å². The second-order valence-electron chi connectivity index (χ2n) is 4.31. The summed E-state index contributed by atoms with van der Waals surface area (Å²) in [6.07, 6.45) is 2.35. The predicted molar refractivity (Wildman–Crippen MR) is 89.7 cm³/mol. The standard InChI is InChI=1S/C16H11NO2.C2H3Cl/c18-11-12-8-13-6-7-15(9-16(13)17-10-12)19-14-4-2-1-3-5-14;1-2-3/h1-11H;2H,1H2. The van der Waals surface area contributed by atoms with Crippen LogP contribution in [0.25, 0.3) is 10.9 Å². The minimum Gasteiger partial charge on any atom is -0.457 e. The molecule has 2 aromatic carbocycles. The van der Waals surface area contributed by atoms with Crippen LogP contribution in [-0.2, 0) is 0 Å². The van der Waals surface area contributed by atoms with Crippen molar-refractivity contribution in [1.29, 1.82) is 0 Å². The van der Waals surface area contributed by atoms with Gasteiger partial charge in [-0.3, -0.25) is 9.78 Å². The van der Waals surface area contributed by atoms with Gasteiger partial charge in [-0.05, 0) is 35.9 Å². The van der Waals surface area contributed by atoms with Crippen LogP contribution in [-0.4, -0.2) is 11.3 Å². The molecular weight excluding hydrogens is 298 g/mol. The molecule has 110 valence electrons. The Hall–Kier alpha value is -2.65. The number of fused-ring (bicyclic) bond motifs is 1. The lowest BCUT2D eigenvalue weighted by Gasteiger charge is -2.06. The van der Waals surface area contributed by atoms with Crippen molar-refractivity contribution in [2.24, 2.45) is 0 Å². The Kier molecular flexibility index (Phi) is 5.69. The highest BCUT2D eigenvalue weighted by Crippen LogP contribution is 2.24. The first-order chi connectivity index (χ1) is 10.8. The van der Waals surface area contributed by atoms with E-state index in [1.165, 1.54) is 5.54 Å². The van der Waals surface area contributed by atoms with Gasteiger partial charge >= 0.3 is 0 Å². The molecular formula is C18H14ClNO2. The maximum atomic E-state index is 10.7. The summed E-state index contributed by atoms with van der Waals surface area (Å²) in [5.74, 6) is 1.51. The van der Waals surface area contributed by atoms with E-state index in [1.807, 2.05) is 54.6 Å². The lowest BCUT2D eigenvalue weighted by molar-refractivity contribution is 0.112. The molecule has 0 bridgehead atoms. The number of carbonyl (C=O) groups excluding carboxylic acids is 1. The largest absolute Gasteiger partial charge is 0.457 e. The van der Waals surface area contributed by atoms with Crippen molar-refractivity contribution in [2.75, 3.05) is 0 Å². The van der Waals surface area contributed by atoms with E-state index >= 15 is 0 Å². The third-order valence-corrected chi connectivity index (χ3v) is 2.79. The molecule has 22 heavy (non-hydrogen) atoms. The zero-order chi connectivity index (χ0) is 15.8. The van der Waals surface area contributed by atoms with Gasteiger partial charge in [-0.2, -0.15) is 0 Å². The van der Waals surface area contributed by atoms with Crippen molar-refractivity contribution < 1.29 is 9.53 Å². The van der Waals surface area contributed by atoms with E-state index in [2.05, 4.69) is 11.6 Å². The maximum absolute atomic E-state index is 10.7. The molecule has 0 radical (unpaired) electrons. The lowest BCUT2D eigenvalue weighted by Crippen LogP contribution is -1.87. The summed E-state index contributed by atoms with van der Waals surface area (Å²) in [6.45, 7) is 3.13. The van der Waals surface area contributed by atoms with Crippen molar-refractivity contribution in [3.8, 4) is 11.5 Å². The van der Waals surface area contributed by atoms with Crippen molar-refractivity contribution in [2.45, 2.75) is 0 Å². The van der Waals surface area contributed by atoms with E-state index in [4.69, 9.17) is 16.3 Å². The van der Waals surface area contributed by atoms with Gasteiger partial charge in [0.05, 0.1) is 5.52 Å². The number of para-hydroxylation sites is 1. The molecule has 0 amide bonds. The normalized spacial score (nSPS) is 9.50. The van der Waals surface area contributed by atoms with Crippen LogP contribution < -0.4 is 4.74 Å². The Bertz CT molecular complexity index is 772. The number of rotatable bonds is 3. The third-order valence-electron chi connectivity index (χ3n) is 2.79. The van der Waals surface area contributed by atoms with Crippen LogP contribution in [0.4, 0.5) is 0 Å². The number of benzene rings is 2. The number of pyridine rings is 1. The Labute approximate surface area is 133 Å². The summed E-state index contributed by atoms with van der Waals surface area (Å²) in [7, 11) is 0. The van der Waals surface area contributed by atoms with Gasteiger partial charge < -0.3 is 4.74 Å². The van der Waals surface area contributed by atoms with Gasteiger partial charge in [-0.1, -0.05) is 36.4 Å². The monoisotopic (exact) mass is 311 g/mol. The van der Waals surface area contributed by atoms with Crippen LogP contribution in [0.5, 0.6) is 11.5 Å². The number of carbonyl (C=O) groups is 1. The van der Waals surface area contributed by atoms with E-state index < -0.39 is 0 Å². The fraction of sp³-hybridized carbons (Fsp3) is 0. The SMILES string of the molecule is C=CCl.O=Cc1cnc2cc(Oc3ccccc3)ccc2c1. The first-order valence-electron chi connectivity index (χ1n) is 6.56. The van der Waals surface area contributed by atoms with Gasteiger partial charge in [0.15, 0.2) is 6.29 Å². The molecule has 0 saturated heterocycles. The van der Waals surface area contributed by atoms with Gasteiger partial charge in [0.25, 0.3) is 0 Å². The summed E-state index contributed by atoms with van der Waals surface area (Å²) < 4.78 is 5.73. The number of halogens is 1. The highest BCUT2D eigenvalue weighted by atomic mass is 35.5. The summed E-state index contributed by atoms with van der Waals surface area (Å²) >= 11 is 4.76. The van der Waals surface area contributed by atoms with Gasteiger partial charge in [-0.25, -0.2) is 0 Å². The highest BCUT2D eigenvalue weighted by molar-refractivity contribution is 6.25. The first kappa shape index (κ1) is 15.7. The van der Waals surface area contributed by atoms with Gasteiger partial charge in [-0.15, -0.1) is 0 Å². The highest BCUT2D eigenvalue weighted by Gasteiger charge is 2.01. The third kappa shape index (κ3) is 4.17. The van der Waals surface area contributed by atoms with Crippen LogP contribution in [0, 0.1) is 0 Å². The van der Waals surface area contributed by atoms with Crippen molar-refractivity contribution in [3.63, 3.8) is 0 Å². The maximum Gasteiger partial charge on any atom is 0.151 e. The minimum absolute atomic E-state index is 0.573. The van der Waals surface area contributed by atoms with E-state index in [0.717, 1.165) is 28.7 Å². The smallest absolute Gasteiger partial charge is 0.151 e. The molecule has 0 unspecified atom stereocenters. The summed E-state index contributed by atoms with van der Waals surface area (Å²) in [5, 5.41) is 0.921. The van der Waals surface area contributed by atoms with Crippen molar-refractivity contribution >= 4 is 28.8 Å². The number of nitrogens with zero attached hydrogens (tertiary/aromatic N) is 1. The molecule has 0 atom stereocenters. The van der Waals surface area contributed by atoms with Crippen molar-refractivity contribution in [1.82, 2.24) is 4.98 Å². The Balaban J connectivity index is 0.000000545. The number of aldehydes is 1. The van der Waals surface area contributed by atoms with E-state index in [1.54, 1.807) is 6.20 Å². The summed E-state index contributed by atoms with van der Waals surface area (Å²) in [6, 6.07) is 17.0. The zero-order valence-electron chi connectivity index (χ0n) is 11.8. The van der Waals surface area contributed by atoms with Crippen molar-refractivity contribution in [3.05, 3.63) is 78.5 Å². The minimum atomic E-state index is 0.573. The second kappa shape index (κ2) is 7.96. The second-order valence-corrected chi connectivity index (χ2v) is 4.62. The molecule has 3 nitrogen and oxygen atoms in total. The van der Waals surface area contributed by atoms with Gasteiger partial charge in [0.2, 0.25) is 0 Å². The van der Waals surface area contributed by atoms with Gasteiger partial charge in [0.1, 0.15) is 11.5 Å². The molecule has 0 aliphatic carbocycles. The topological polar surface area (TPSA) is 39.2 Å². The summed E-state index contributed by atoms with van der Waals surface area (Å²) in [4.78, 5) is 14.9. The molecule has 3 rings (SSSR count). The first-order valence-corrected chi connectivity index (χ1v) is 6.99. The van der Waals surface area contributed by atoms with Crippen LogP contribution in [0.2, 0.25) is 0 Å². The predicted octanol–water partition coefficient (Wildman–Crippen LogP) is 5.21. The van der Waals surface area contributed by atoms with Gasteiger partial charge in [0, 0.05) is 23.2 Å². The average Bonchev–Trinajstić information content (AvgIpc) is 2.56. The molecule has 0 spiro atoms. The summed E-state index contributed by atoms with van der Waals surface area (Å²) in [5.41, 5.74) is 2.60. The zero-order valence-corrected chi connectivity index (χ0v) is 12.5. The molecule has 3 aromatic rings. The van der Waals surface area contributed by atoms with E-state index in [9.17, 15) is 4.79 Å². The van der Waals surface area contributed by atoms with E-state index in [0.29, 0.717) is 5.56 Å². The number of hydrogen-bond donors (Lipinski definition) is 0. The Morgan fingerprint density at radius 2 is 1.77 bits per heavy atom. The number of ether oxygens (including phenoxy) is 1. The molecule has 0 saturated carbocycles. The number of aromatic nitrogens is 1.